The molecule has 0 radical (unpaired) electrons. The fourth-order valence-electron chi connectivity index (χ4n) is 2.33. The van der Waals surface area contributed by atoms with Gasteiger partial charge in [0.1, 0.15) is 4.70 Å². The second-order valence-electron chi connectivity index (χ2n) is 5.24. The third-order valence-corrected chi connectivity index (χ3v) is 6.25. The van der Waals surface area contributed by atoms with Gasteiger partial charge in [0.2, 0.25) is 5.91 Å². The summed E-state index contributed by atoms with van der Waals surface area (Å²) in [5.74, 6) is 0.120. The number of nitrogens with one attached hydrogen (secondary N) is 1. The van der Waals surface area contributed by atoms with Crippen LogP contribution in [-0.2, 0) is 17.9 Å². The zero-order valence-corrected chi connectivity index (χ0v) is 16.7. The molecular weight excluding hydrogens is 422 g/mol. The van der Waals surface area contributed by atoms with Crippen LogP contribution in [0.5, 0.6) is 0 Å². The van der Waals surface area contributed by atoms with Gasteiger partial charge in [-0.1, -0.05) is 45.9 Å². The molecule has 0 bridgehead atoms. The predicted octanol–water partition coefficient (Wildman–Crippen LogP) is 3.65. The van der Waals surface area contributed by atoms with E-state index in [0.717, 1.165) is 10.0 Å². The number of carbonyl (C=O) groups is 1. The number of thioether (sulfide) groups is 1. The quantitative estimate of drug-likeness (QED) is 0.472. The lowest BCUT2D eigenvalue weighted by Crippen LogP contribution is -2.26. The average Bonchev–Trinajstić information content (AvgIpc) is 3.08. The number of aromatic nitrogens is 2. The summed E-state index contributed by atoms with van der Waals surface area (Å²) in [6.45, 7) is 2.89. The van der Waals surface area contributed by atoms with Crippen molar-refractivity contribution >= 4 is 55.2 Å². The first-order valence-electron chi connectivity index (χ1n) is 7.71. The van der Waals surface area contributed by atoms with Crippen molar-refractivity contribution in [2.24, 2.45) is 0 Å². The van der Waals surface area contributed by atoms with Gasteiger partial charge in [-0.25, -0.2) is 4.98 Å². The summed E-state index contributed by atoms with van der Waals surface area (Å²) >= 11 is 6.14. The van der Waals surface area contributed by atoms with E-state index in [2.05, 4.69) is 26.2 Å². The first-order chi connectivity index (χ1) is 12.1. The van der Waals surface area contributed by atoms with Crippen LogP contribution in [0.2, 0.25) is 0 Å². The Labute approximate surface area is 161 Å². The highest BCUT2D eigenvalue weighted by atomic mass is 79.9. The molecule has 2 heterocycles. The van der Waals surface area contributed by atoms with Crippen LogP contribution >= 0.6 is 39.0 Å². The standard InChI is InChI=1S/C17H16BrN3O2S2/c1-2-21-16(23)15-13(7-8-24-15)20-17(21)25-10-14(22)19-9-11-5-3-4-6-12(11)18/h3-8H,2,9-10H2,1H3,(H,19,22). The summed E-state index contributed by atoms with van der Waals surface area (Å²) in [4.78, 5) is 29.1. The molecule has 0 aliphatic carbocycles. The van der Waals surface area contributed by atoms with Crippen LogP contribution in [0.15, 0.2) is 50.1 Å². The minimum Gasteiger partial charge on any atom is -0.351 e. The van der Waals surface area contributed by atoms with Crippen molar-refractivity contribution in [1.29, 1.82) is 0 Å². The van der Waals surface area contributed by atoms with Gasteiger partial charge in [0.25, 0.3) is 5.56 Å². The van der Waals surface area contributed by atoms with E-state index in [4.69, 9.17) is 0 Å². The molecule has 1 amide bonds. The number of benzene rings is 1. The molecule has 130 valence electrons. The van der Waals surface area contributed by atoms with Gasteiger partial charge in [-0.2, -0.15) is 0 Å². The minimum absolute atomic E-state index is 0.0429. The number of thiophene rings is 1. The Kier molecular flexibility index (Phi) is 5.93. The SMILES string of the molecule is CCn1c(SCC(=O)NCc2ccccc2Br)nc2ccsc2c1=O. The predicted molar refractivity (Wildman–Crippen MR) is 106 cm³/mol. The number of hydrogen-bond acceptors (Lipinski definition) is 5. The number of rotatable bonds is 6. The van der Waals surface area contributed by atoms with E-state index in [1.165, 1.54) is 23.1 Å². The minimum atomic E-state index is -0.0944. The van der Waals surface area contributed by atoms with E-state index in [1.807, 2.05) is 42.6 Å². The molecule has 0 spiro atoms. The summed E-state index contributed by atoms with van der Waals surface area (Å²) in [6.07, 6.45) is 0. The second-order valence-corrected chi connectivity index (χ2v) is 7.95. The molecule has 8 heteroatoms. The maximum absolute atomic E-state index is 12.4. The van der Waals surface area contributed by atoms with Crippen molar-refractivity contribution in [3.05, 3.63) is 56.1 Å². The molecule has 5 nitrogen and oxygen atoms in total. The van der Waals surface area contributed by atoms with Crippen molar-refractivity contribution in [2.45, 2.75) is 25.2 Å². The molecule has 0 saturated heterocycles. The monoisotopic (exact) mass is 437 g/mol. The normalized spacial score (nSPS) is 11.0. The fourth-order valence-corrected chi connectivity index (χ4v) is 4.43. The number of hydrogen-bond donors (Lipinski definition) is 1. The molecule has 0 atom stereocenters. The Balaban J connectivity index is 1.67. The molecule has 3 rings (SSSR count). The third kappa shape index (κ3) is 4.13. The zero-order chi connectivity index (χ0) is 17.8. The molecule has 0 fully saturated rings. The highest BCUT2D eigenvalue weighted by molar-refractivity contribution is 9.10. The summed E-state index contributed by atoms with van der Waals surface area (Å²) in [6, 6.07) is 9.59. The van der Waals surface area contributed by atoms with Crippen LogP contribution in [0.3, 0.4) is 0 Å². The summed E-state index contributed by atoms with van der Waals surface area (Å²) in [5.41, 5.74) is 1.67. The molecule has 0 aliphatic rings. The number of amides is 1. The molecule has 0 aliphatic heterocycles. The molecule has 1 aromatic carbocycles. The van der Waals surface area contributed by atoms with E-state index < -0.39 is 0 Å². The first kappa shape index (κ1) is 18.2. The summed E-state index contributed by atoms with van der Waals surface area (Å²) < 4.78 is 3.24. The lowest BCUT2D eigenvalue weighted by molar-refractivity contribution is -0.118. The topological polar surface area (TPSA) is 64.0 Å². The molecule has 2 aromatic heterocycles. The maximum atomic E-state index is 12.4. The molecule has 0 saturated carbocycles. The van der Waals surface area contributed by atoms with Crippen LogP contribution in [0.1, 0.15) is 12.5 Å². The van der Waals surface area contributed by atoms with E-state index >= 15 is 0 Å². The molecule has 0 unspecified atom stereocenters. The number of nitrogens with zero attached hydrogens (tertiary/aromatic N) is 2. The van der Waals surface area contributed by atoms with Gasteiger partial charge in [-0.3, -0.25) is 14.2 Å². The van der Waals surface area contributed by atoms with Gasteiger partial charge in [-0.05, 0) is 30.0 Å². The molecule has 1 N–H and O–H groups in total. The maximum Gasteiger partial charge on any atom is 0.272 e. The first-order valence-corrected chi connectivity index (χ1v) is 10.4. The van der Waals surface area contributed by atoms with Crippen molar-refractivity contribution in [2.75, 3.05) is 5.75 Å². The van der Waals surface area contributed by atoms with Crippen LogP contribution in [0, 0.1) is 0 Å². The van der Waals surface area contributed by atoms with Gasteiger partial charge < -0.3 is 5.32 Å². The smallest absolute Gasteiger partial charge is 0.272 e. The lowest BCUT2D eigenvalue weighted by atomic mass is 10.2. The van der Waals surface area contributed by atoms with Gasteiger partial charge in [-0.15, -0.1) is 11.3 Å². The Bertz CT molecular complexity index is 968. The number of carbonyl (C=O) groups excluding carboxylic acids is 1. The van der Waals surface area contributed by atoms with Crippen molar-refractivity contribution < 1.29 is 4.79 Å². The van der Waals surface area contributed by atoms with E-state index in [9.17, 15) is 9.59 Å². The molecule has 3 aromatic rings. The number of halogens is 1. The highest BCUT2D eigenvalue weighted by Crippen LogP contribution is 2.21. The van der Waals surface area contributed by atoms with Crippen molar-refractivity contribution in [3.63, 3.8) is 0 Å². The Hall–Kier alpha value is -1.64. The fraction of sp³-hybridized carbons (Fsp3) is 0.235. The van der Waals surface area contributed by atoms with Gasteiger partial charge in [0, 0.05) is 17.6 Å². The van der Waals surface area contributed by atoms with Gasteiger partial charge >= 0.3 is 0 Å². The Morgan fingerprint density at radius 2 is 2.16 bits per heavy atom. The highest BCUT2D eigenvalue weighted by Gasteiger charge is 2.13. The van der Waals surface area contributed by atoms with E-state index in [0.29, 0.717) is 28.5 Å². The van der Waals surface area contributed by atoms with Gasteiger partial charge in [0.05, 0.1) is 11.3 Å². The molecule has 25 heavy (non-hydrogen) atoms. The van der Waals surface area contributed by atoms with Crippen molar-refractivity contribution in [1.82, 2.24) is 14.9 Å². The number of fused-ring (bicyclic) bond motifs is 1. The third-order valence-electron chi connectivity index (χ3n) is 3.61. The summed E-state index contributed by atoms with van der Waals surface area (Å²) in [5, 5.41) is 5.33. The average molecular weight is 438 g/mol. The summed E-state index contributed by atoms with van der Waals surface area (Å²) in [7, 11) is 0. The Morgan fingerprint density at radius 3 is 2.92 bits per heavy atom. The van der Waals surface area contributed by atoms with Gasteiger partial charge in [0.15, 0.2) is 5.16 Å². The Morgan fingerprint density at radius 1 is 1.36 bits per heavy atom. The second kappa shape index (κ2) is 8.16. The lowest BCUT2D eigenvalue weighted by Gasteiger charge is -2.10. The zero-order valence-electron chi connectivity index (χ0n) is 13.5. The molecular formula is C17H16BrN3O2S2. The van der Waals surface area contributed by atoms with Crippen LogP contribution in [0.25, 0.3) is 10.2 Å². The van der Waals surface area contributed by atoms with Crippen LogP contribution < -0.4 is 10.9 Å². The van der Waals surface area contributed by atoms with Crippen LogP contribution in [0.4, 0.5) is 0 Å². The van der Waals surface area contributed by atoms with Crippen LogP contribution in [-0.4, -0.2) is 21.2 Å². The van der Waals surface area contributed by atoms with E-state index in [-0.39, 0.29) is 17.2 Å². The van der Waals surface area contributed by atoms with E-state index in [1.54, 1.807) is 4.57 Å². The largest absolute Gasteiger partial charge is 0.351 e. The van der Waals surface area contributed by atoms with Crippen molar-refractivity contribution in [3.8, 4) is 0 Å².